The van der Waals surface area contributed by atoms with E-state index in [-0.39, 0.29) is 0 Å². The molecule has 1 aromatic heterocycles. The SMILES string of the molecule is Cc1cc(C)c(C)c(S(=O)(=O)Nc2cccc(OCCn3cncn3)c2)c1C. The van der Waals surface area contributed by atoms with Gasteiger partial charge in [0.25, 0.3) is 10.0 Å². The van der Waals surface area contributed by atoms with Gasteiger partial charge in [0.15, 0.2) is 0 Å². The van der Waals surface area contributed by atoms with Gasteiger partial charge >= 0.3 is 0 Å². The summed E-state index contributed by atoms with van der Waals surface area (Å²) in [5, 5.41) is 4.01. The van der Waals surface area contributed by atoms with Crippen LogP contribution in [0.15, 0.2) is 47.9 Å². The van der Waals surface area contributed by atoms with Crippen molar-refractivity contribution in [3.05, 3.63) is 65.2 Å². The number of anilines is 1. The quantitative estimate of drug-likeness (QED) is 0.657. The van der Waals surface area contributed by atoms with Gasteiger partial charge in [-0.25, -0.2) is 18.1 Å². The Morgan fingerprint density at radius 2 is 1.79 bits per heavy atom. The molecule has 28 heavy (non-hydrogen) atoms. The van der Waals surface area contributed by atoms with E-state index in [2.05, 4.69) is 14.8 Å². The number of ether oxygens (including phenoxy) is 1. The Balaban J connectivity index is 1.78. The minimum Gasteiger partial charge on any atom is -0.492 e. The van der Waals surface area contributed by atoms with Crippen LogP contribution in [0.1, 0.15) is 22.3 Å². The molecule has 0 atom stereocenters. The van der Waals surface area contributed by atoms with Crippen LogP contribution < -0.4 is 9.46 Å². The Bertz CT molecular complexity index is 1050. The zero-order valence-corrected chi connectivity index (χ0v) is 17.2. The first kappa shape index (κ1) is 19.9. The van der Waals surface area contributed by atoms with Gasteiger partial charge in [0.2, 0.25) is 0 Å². The number of nitrogens with one attached hydrogen (secondary N) is 1. The summed E-state index contributed by atoms with van der Waals surface area (Å²) >= 11 is 0. The number of aryl methyl sites for hydroxylation is 2. The molecule has 0 fully saturated rings. The molecule has 0 aliphatic rings. The number of benzene rings is 2. The lowest BCUT2D eigenvalue weighted by Crippen LogP contribution is -2.17. The highest BCUT2D eigenvalue weighted by Gasteiger charge is 2.22. The Morgan fingerprint density at radius 1 is 1.07 bits per heavy atom. The average molecular weight is 401 g/mol. The molecular weight excluding hydrogens is 376 g/mol. The molecule has 0 unspecified atom stereocenters. The third-order valence-corrected chi connectivity index (χ3v) is 6.36. The number of hydrogen-bond acceptors (Lipinski definition) is 5. The fourth-order valence-corrected chi connectivity index (χ4v) is 4.71. The standard InChI is InChI=1S/C20H24N4O3S/c1-14-10-15(2)17(4)20(16(14)3)28(25,26)23-18-6-5-7-19(11-18)27-9-8-24-13-21-12-22-24/h5-7,10-13,23H,8-9H2,1-4H3. The highest BCUT2D eigenvalue weighted by Crippen LogP contribution is 2.28. The summed E-state index contributed by atoms with van der Waals surface area (Å²) in [5.41, 5.74) is 3.88. The Morgan fingerprint density at radius 3 is 2.43 bits per heavy atom. The highest BCUT2D eigenvalue weighted by molar-refractivity contribution is 7.92. The van der Waals surface area contributed by atoms with Crippen molar-refractivity contribution < 1.29 is 13.2 Å². The molecule has 1 heterocycles. The van der Waals surface area contributed by atoms with Gasteiger partial charge < -0.3 is 4.74 Å². The number of nitrogens with zero attached hydrogens (tertiary/aromatic N) is 3. The summed E-state index contributed by atoms with van der Waals surface area (Å²) in [4.78, 5) is 4.21. The van der Waals surface area contributed by atoms with Crippen molar-refractivity contribution in [2.75, 3.05) is 11.3 Å². The van der Waals surface area contributed by atoms with Crippen molar-refractivity contribution in [3.63, 3.8) is 0 Å². The van der Waals surface area contributed by atoms with Gasteiger partial charge in [-0.05, 0) is 62.1 Å². The second-order valence-electron chi connectivity index (χ2n) is 6.73. The Kier molecular flexibility index (Phi) is 5.69. The van der Waals surface area contributed by atoms with E-state index in [1.807, 2.05) is 33.8 Å². The summed E-state index contributed by atoms with van der Waals surface area (Å²) in [6.45, 7) is 8.46. The lowest BCUT2D eigenvalue weighted by atomic mass is 10.0. The minimum atomic E-state index is -3.72. The molecule has 0 aliphatic heterocycles. The van der Waals surface area contributed by atoms with Crippen LogP contribution in [0.4, 0.5) is 5.69 Å². The van der Waals surface area contributed by atoms with Gasteiger partial charge in [0.05, 0.1) is 17.1 Å². The predicted octanol–water partition coefficient (Wildman–Crippen LogP) is 3.39. The van der Waals surface area contributed by atoms with Crippen LogP contribution in [0.2, 0.25) is 0 Å². The summed E-state index contributed by atoms with van der Waals surface area (Å²) in [5.74, 6) is 0.578. The van der Waals surface area contributed by atoms with Gasteiger partial charge in [-0.15, -0.1) is 0 Å². The summed E-state index contributed by atoms with van der Waals surface area (Å²) in [6.07, 6.45) is 3.08. The molecule has 0 saturated carbocycles. The molecule has 3 aromatic rings. The van der Waals surface area contributed by atoms with E-state index in [9.17, 15) is 8.42 Å². The van der Waals surface area contributed by atoms with Crippen LogP contribution in [-0.4, -0.2) is 29.8 Å². The minimum absolute atomic E-state index is 0.336. The van der Waals surface area contributed by atoms with Crippen molar-refractivity contribution in [3.8, 4) is 5.75 Å². The van der Waals surface area contributed by atoms with E-state index in [4.69, 9.17) is 4.74 Å². The van der Waals surface area contributed by atoms with Gasteiger partial charge in [-0.2, -0.15) is 5.10 Å². The maximum Gasteiger partial charge on any atom is 0.262 e. The van der Waals surface area contributed by atoms with E-state index in [1.54, 1.807) is 35.3 Å². The molecular formula is C20H24N4O3S. The fraction of sp³-hybridized carbons (Fsp3) is 0.300. The van der Waals surface area contributed by atoms with E-state index < -0.39 is 10.0 Å². The van der Waals surface area contributed by atoms with E-state index >= 15 is 0 Å². The summed E-state index contributed by atoms with van der Waals surface area (Å²) < 4.78 is 36.2. The molecule has 0 spiro atoms. The molecule has 3 rings (SSSR count). The number of rotatable bonds is 7. The maximum atomic E-state index is 13.1. The normalized spacial score (nSPS) is 11.4. The highest BCUT2D eigenvalue weighted by atomic mass is 32.2. The second kappa shape index (κ2) is 8.02. The van der Waals surface area contributed by atoms with Crippen LogP contribution in [-0.2, 0) is 16.6 Å². The summed E-state index contributed by atoms with van der Waals surface area (Å²) in [7, 11) is -3.72. The maximum absolute atomic E-state index is 13.1. The van der Waals surface area contributed by atoms with Crippen molar-refractivity contribution in [1.82, 2.24) is 14.8 Å². The monoisotopic (exact) mass is 400 g/mol. The van der Waals surface area contributed by atoms with Crippen molar-refractivity contribution in [2.45, 2.75) is 39.1 Å². The molecule has 2 aromatic carbocycles. The number of aromatic nitrogens is 3. The van der Waals surface area contributed by atoms with Gasteiger partial charge in [0, 0.05) is 6.07 Å². The Hall–Kier alpha value is -2.87. The first-order valence-corrected chi connectivity index (χ1v) is 10.4. The van der Waals surface area contributed by atoms with Crippen LogP contribution in [0.25, 0.3) is 0 Å². The number of sulfonamides is 1. The first-order valence-electron chi connectivity index (χ1n) is 8.93. The lowest BCUT2D eigenvalue weighted by molar-refractivity contribution is 0.291. The third kappa shape index (κ3) is 4.33. The van der Waals surface area contributed by atoms with Gasteiger partial charge in [0.1, 0.15) is 25.0 Å². The largest absolute Gasteiger partial charge is 0.492 e. The molecule has 148 valence electrons. The van der Waals surface area contributed by atoms with Crippen molar-refractivity contribution in [2.24, 2.45) is 0 Å². The average Bonchev–Trinajstić information content (AvgIpc) is 3.13. The molecule has 0 radical (unpaired) electrons. The molecule has 0 bridgehead atoms. The smallest absolute Gasteiger partial charge is 0.262 e. The lowest BCUT2D eigenvalue weighted by Gasteiger charge is -2.17. The van der Waals surface area contributed by atoms with Crippen molar-refractivity contribution >= 4 is 15.7 Å². The van der Waals surface area contributed by atoms with Gasteiger partial charge in [-0.3, -0.25) is 4.72 Å². The number of hydrogen-bond donors (Lipinski definition) is 1. The van der Waals surface area contributed by atoms with Crippen molar-refractivity contribution in [1.29, 1.82) is 0 Å². The van der Waals surface area contributed by atoms with Crippen LogP contribution in [0.3, 0.4) is 0 Å². The molecule has 0 amide bonds. The predicted molar refractivity (Wildman–Crippen MR) is 108 cm³/mol. The fourth-order valence-electron chi connectivity index (χ4n) is 3.04. The molecule has 8 heteroatoms. The van der Waals surface area contributed by atoms with Crippen LogP contribution in [0.5, 0.6) is 5.75 Å². The third-order valence-electron chi connectivity index (χ3n) is 4.71. The van der Waals surface area contributed by atoms with Crippen LogP contribution >= 0.6 is 0 Å². The molecule has 1 N–H and O–H groups in total. The molecule has 0 saturated heterocycles. The Labute approximate surface area is 165 Å². The zero-order valence-electron chi connectivity index (χ0n) is 16.4. The topological polar surface area (TPSA) is 86.1 Å². The molecule has 0 aliphatic carbocycles. The van der Waals surface area contributed by atoms with E-state index in [0.717, 1.165) is 22.3 Å². The van der Waals surface area contributed by atoms with Gasteiger partial charge in [-0.1, -0.05) is 12.1 Å². The zero-order chi connectivity index (χ0) is 20.3. The first-order chi connectivity index (χ1) is 13.3. The molecule has 7 nitrogen and oxygen atoms in total. The second-order valence-corrected chi connectivity index (χ2v) is 8.35. The summed E-state index contributed by atoms with van der Waals surface area (Å²) in [6, 6.07) is 8.92. The van der Waals surface area contributed by atoms with E-state index in [1.165, 1.54) is 6.33 Å². The van der Waals surface area contributed by atoms with E-state index in [0.29, 0.717) is 29.5 Å². The van der Waals surface area contributed by atoms with Crippen LogP contribution in [0, 0.1) is 27.7 Å².